The van der Waals surface area contributed by atoms with Gasteiger partial charge >= 0.3 is 6.09 Å². The zero-order chi connectivity index (χ0) is 17.6. The van der Waals surface area contributed by atoms with Crippen molar-refractivity contribution >= 4 is 17.5 Å². The Morgan fingerprint density at radius 2 is 2.00 bits per heavy atom. The van der Waals surface area contributed by atoms with E-state index in [9.17, 15) is 4.79 Å². The number of rotatable bonds is 4. The van der Waals surface area contributed by atoms with E-state index in [4.69, 9.17) is 15.5 Å². The lowest BCUT2D eigenvalue weighted by Crippen LogP contribution is -2.30. The van der Waals surface area contributed by atoms with Gasteiger partial charge in [0, 0.05) is 35.5 Å². The van der Waals surface area contributed by atoms with E-state index < -0.39 is 12.2 Å². The number of hydrogen-bond donors (Lipinski definition) is 0. The average Bonchev–Trinajstić information content (AvgIpc) is 3.02. The number of piperidine rings is 1. The third-order valence-corrected chi connectivity index (χ3v) is 4.42. The predicted octanol–water partition coefficient (Wildman–Crippen LogP) is 3.37. The van der Waals surface area contributed by atoms with Crippen molar-refractivity contribution in [2.75, 3.05) is 36.0 Å². The summed E-state index contributed by atoms with van der Waals surface area (Å²) in [5.74, 6) is 0. The van der Waals surface area contributed by atoms with E-state index in [1.54, 1.807) is 11.0 Å². The highest BCUT2D eigenvalue weighted by Crippen LogP contribution is 2.27. The highest BCUT2D eigenvalue weighted by molar-refractivity contribution is 5.90. The number of nitrogens with zero attached hydrogens (tertiary/aromatic N) is 6. The Bertz CT molecular complexity index is 750. The van der Waals surface area contributed by atoms with Crippen LogP contribution in [0.5, 0.6) is 0 Å². The molecular formula is C17H18N6O2. The molecule has 1 aromatic rings. The van der Waals surface area contributed by atoms with E-state index in [-0.39, 0.29) is 6.54 Å². The molecule has 2 heterocycles. The van der Waals surface area contributed by atoms with Crippen LogP contribution in [0.2, 0.25) is 0 Å². The first-order valence-corrected chi connectivity index (χ1v) is 8.13. The summed E-state index contributed by atoms with van der Waals surface area (Å²) in [4.78, 5) is 18.5. The van der Waals surface area contributed by atoms with Gasteiger partial charge in [0.25, 0.3) is 0 Å². The van der Waals surface area contributed by atoms with Gasteiger partial charge < -0.3 is 9.64 Å². The third-order valence-electron chi connectivity index (χ3n) is 4.42. The Morgan fingerprint density at radius 1 is 1.32 bits per heavy atom. The van der Waals surface area contributed by atoms with Crippen molar-refractivity contribution in [3.8, 4) is 6.07 Å². The maximum atomic E-state index is 12.0. The second kappa shape index (κ2) is 7.60. The first-order valence-electron chi connectivity index (χ1n) is 8.13. The van der Waals surface area contributed by atoms with Crippen molar-refractivity contribution in [2.45, 2.75) is 18.9 Å². The van der Waals surface area contributed by atoms with Crippen molar-refractivity contribution in [3.05, 3.63) is 46.4 Å². The summed E-state index contributed by atoms with van der Waals surface area (Å²) in [5.41, 5.74) is 11.4. The zero-order valence-corrected chi connectivity index (χ0v) is 13.7. The van der Waals surface area contributed by atoms with Crippen molar-refractivity contribution in [3.63, 3.8) is 0 Å². The average molecular weight is 338 g/mol. The monoisotopic (exact) mass is 338 g/mol. The quantitative estimate of drug-likeness (QED) is 0.363. The Hall–Kier alpha value is -3.17. The fourth-order valence-corrected chi connectivity index (χ4v) is 3.09. The molecule has 0 bridgehead atoms. The van der Waals surface area contributed by atoms with E-state index in [2.05, 4.69) is 21.0 Å². The fourth-order valence-electron chi connectivity index (χ4n) is 3.09. The molecule has 25 heavy (non-hydrogen) atoms. The summed E-state index contributed by atoms with van der Waals surface area (Å²) in [5, 5.41) is 12.2. The first-order chi connectivity index (χ1) is 12.2. The number of ether oxygens (including phenoxy) is 1. The Labute approximate surface area is 145 Å². The van der Waals surface area contributed by atoms with Crippen molar-refractivity contribution < 1.29 is 9.53 Å². The van der Waals surface area contributed by atoms with Crippen molar-refractivity contribution in [1.82, 2.24) is 0 Å². The molecule has 1 atom stereocenters. The van der Waals surface area contributed by atoms with E-state index in [1.165, 1.54) is 5.57 Å². The lowest BCUT2D eigenvalue weighted by atomic mass is 10.0. The van der Waals surface area contributed by atoms with Gasteiger partial charge in [0.05, 0.1) is 19.2 Å². The molecule has 2 aliphatic heterocycles. The van der Waals surface area contributed by atoms with Crippen LogP contribution in [0.3, 0.4) is 0 Å². The van der Waals surface area contributed by atoms with E-state index in [1.807, 2.05) is 24.3 Å². The molecular weight excluding hydrogens is 320 g/mol. The summed E-state index contributed by atoms with van der Waals surface area (Å²) >= 11 is 0. The molecule has 0 radical (unpaired) electrons. The van der Waals surface area contributed by atoms with Gasteiger partial charge in [-0.2, -0.15) is 5.26 Å². The number of cyclic esters (lactones) is 1. The van der Waals surface area contributed by atoms with Gasteiger partial charge in [-0.3, -0.25) is 4.90 Å². The topological polar surface area (TPSA) is 105 Å². The summed E-state index contributed by atoms with van der Waals surface area (Å²) in [6.07, 6.45) is 2.61. The number of benzene rings is 1. The van der Waals surface area contributed by atoms with Crippen LogP contribution < -0.4 is 9.80 Å². The second-order valence-electron chi connectivity index (χ2n) is 5.96. The second-order valence-corrected chi connectivity index (χ2v) is 5.96. The van der Waals surface area contributed by atoms with E-state index >= 15 is 0 Å². The lowest BCUT2D eigenvalue weighted by molar-refractivity contribution is 0.145. The molecule has 0 aliphatic carbocycles. The molecule has 8 nitrogen and oxygen atoms in total. The Morgan fingerprint density at radius 3 is 2.64 bits per heavy atom. The highest BCUT2D eigenvalue weighted by atomic mass is 16.6. The highest BCUT2D eigenvalue weighted by Gasteiger charge is 2.31. The number of nitriles is 1. The van der Waals surface area contributed by atoms with Crippen LogP contribution in [-0.2, 0) is 4.74 Å². The standard InChI is InChI=1S/C17H18N6O2/c18-8-5-13-6-9-22(10-7-13)14-1-3-15(4-2-14)23-12-16(11-20-21-19)25-17(23)24/h1-5,16H,6-7,9-12H2/t16-/m0/s1. The summed E-state index contributed by atoms with van der Waals surface area (Å²) in [7, 11) is 0. The van der Waals surface area contributed by atoms with Crippen molar-refractivity contribution in [2.24, 2.45) is 5.11 Å². The van der Waals surface area contributed by atoms with Gasteiger partial charge in [-0.1, -0.05) is 10.7 Å². The number of hydrogen-bond acceptors (Lipinski definition) is 5. The maximum Gasteiger partial charge on any atom is 0.414 e. The minimum Gasteiger partial charge on any atom is -0.444 e. The molecule has 0 aromatic heterocycles. The zero-order valence-electron chi connectivity index (χ0n) is 13.7. The van der Waals surface area contributed by atoms with Gasteiger partial charge in [0.15, 0.2) is 0 Å². The minimum atomic E-state index is -0.421. The van der Waals surface area contributed by atoms with Crippen molar-refractivity contribution in [1.29, 1.82) is 5.26 Å². The molecule has 0 unspecified atom stereocenters. The summed E-state index contributed by atoms with van der Waals surface area (Å²) in [6, 6.07) is 9.86. The van der Waals surface area contributed by atoms with E-state index in [0.717, 1.165) is 37.3 Å². The molecule has 0 spiro atoms. The molecule has 2 fully saturated rings. The molecule has 0 saturated carbocycles. The normalized spacial score (nSPS) is 19.9. The predicted molar refractivity (Wildman–Crippen MR) is 93.2 cm³/mol. The third kappa shape index (κ3) is 3.84. The number of azide groups is 1. The fraction of sp³-hybridized carbons (Fsp3) is 0.412. The van der Waals surface area contributed by atoms with Crippen LogP contribution >= 0.6 is 0 Å². The van der Waals surface area contributed by atoms with Crippen LogP contribution in [0, 0.1) is 11.3 Å². The van der Waals surface area contributed by atoms with Gasteiger partial charge in [0.1, 0.15) is 6.10 Å². The number of amides is 1. The Kier molecular flexibility index (Phi) is 5.07. The summed E-state index contributed by atoms with van der Waals surface area (Å²) < 4.78 is 5.19. The summed E-state index contributed by atoms with van der Waals surface area (Å²) in [6.45, 7) is 2.28. The SMILES string of the molecule is N#CC=C1CCN(c2ccc(N3C[C@H](CN=[N+]=[N-])OC3=O)cc2)CC1. The van der Waals surface area contributed by atoms with Crippen LogP contribution in [-0.4, -0.2) is 38.4 Å². The Balaban J connectivity index is 1.63. The molecule has 128 valence electrons. The molecule has 3 rings (SSSR count). The molecule has 1 amide bonds. The lowest BCUT2D eigenvalue weighted by Gasteiger charge is -2.30. The largest absolute Gasteiger partial charge is 0.444 e. The van der Waals surface area contributed by atoms with Crippen LogP contribution in [0.15, 0.2) is 41.0 Å². The number of anilines is 2. The van der Waals surface area contributed by atoms with E-state index in [0.29, 0.717) is 6.54 Å². The maximum absolute atomic E-state index is 12.0. The molecule has 8 heteroatoms. The molecule has 0 N–H and O–H groups in total. The van der Waals surface area contributed by atoms with Gasteiger partial charge in [-0.25, -0.2) is 4.79 Å². The molecule has 2 aliphatic rings. The smallest absolute Gasteiger partial charge is 0.414 e. The molecule has 2 saturated heterocycles. The van der Waals surface area contributed by atoms with Gasteiger partial charge in [-0.05, 0) is 42.6 Å². The first kappa shape index (κ1) is 16.7. The number of carbonyl (C=O) groups excluding carboxylic acids is 1. The van der Waals surface area contributed by atoms with Crippen LogP contribution in [0.1, 0.15) is 12.8 Å². The van der Waals surface area contributed by atoms with Crippen LogP contribution in [0.4, 0.5) is 16.2 Å². The number of carbonyl (C=O) groups is 1. The van der Waals surface area contributed by atoms with Crippen LogP contribution in [0.25, 0.3) is 10.4 Å². The van der Waals surface area contributed by atoms with Gasteiger partial charge in [-0.15, -0.1) is 0 Å². The molecule has 1 aromatic carbocycles. The van der Waals surface area contributed by atoms with Gasteiger partial charge in [0.2, 0.25) is 0 Å². The minimum absolute atomic E-state index is 0.142. The number of allylic oxidation sites excluding steroid dienone is 1.